The molecule has 0 bridgehead atoms. The Labute approximate surface area is 114 Å². The van der Waals surface area contributed by atoms with Gasteiger partial charge in [0.2, 0.25) is 0 Å². The molecule has 0 aliphatic carbocycles. The topological polar surface area (TPSA) is 29.1 Å². The quantitative estimate of drug-likeness (QED) is 0.631. The van der Waals surface area contributed by atoms with Crippen LogP contribution in [0.25, 0.3) is 0 Å². The van der Waals surface area contributed by atoms with Gasteiger partial charge < -0.3 is 5.32 Å². The first-order chi connectivity index (χ1) is 8.56. The van der Waals surface area contributed by atoms with Crippen LogP contribution >= 0.6 is 15.9 Å². The van der Waals surface area contributed by atoms with Gasteiger partial charge in [-0.15, -0.1) is 0 Å². The highest BCUT2D eigenvalue weighted by Gasteiger charge is 2.16. The number of alkyl halides is 1. The number of carbonyl (C=O) groups is 1. The molecule has 1 unspecified atom stereocenters. The molecule has 0 aliphatic heterocycles. The van der Waals surface area contributed by atoms with Crippen LogP contribution in [0.5, 0.6) is 0 Å². The van der Waals surface area contributed by atoms with Crippen molar-refractivity contribution in [1.82, 2.24) is 5.32 Å². The largest absolute Gasteiger partial charge is 0.352 e. The maximum Gasteiger partial charge on any atom is 0.257 e. The van der Waals surface area contributed by atoms with Gasteiger partial charge in [0.05, 0.1) is 0 Å². The number of rotatable bonds is 6. The van der Waals surface area contributed by atoms with Gasteiger partial charge in [-0.1, -0.05) is 28.9 Å². The van der Waals surface area contributed by atoms with Gasteiger partial charge in [0.25, 0.3) is 5.91 Å². The lowest BCUT2D eigenvalue weighted by Gasteiger charge is -2.09. The van der Waals surface area contributed by atoms with Crippen LogP contribution in [0.15, 0.2) is 18.2 Å². The first-order valence-corrected chi connectivity index (χ1v) is 6.96. The van der Waals surface area contributed by atoms with Crippen molar-refractivity contribution in [3.63, 3.8) is 0 Å². The van der Waals surface area contributed by atoms with Gasteiger partial charge in [-0.05, 0) is 30.9 Å². The SMILES string of the molecule is CC(CBr)CCCNC(=O)c1c(F)cccc1F. The van der Waals surface area contributed by atoms with E-state index < -0.39 is 23.1 Å². The average Bonchev–Trinajstić information content (AvgIpc) is 2.34. The summed E-state index contributed by atoms with van der Waals surface area (Å²) >= 11 is 3.37. The maximum absolute atomic E-state index is 13.3. The number of carbonyl (C=O) groups excluding carboxylic acids is 1. The summed E-state index contributed by atoms with van der Waals surface area (Å²) in [5.41, 5.74) is -0.508. The van der Waals surface area contributed by atoms with E-state index in [1.165, 1.54) is 6.07 Å². The molecule has 1 amide bonds. The van der Waals surface area contributed by atoms with Crippen LogP contribution < -0.4 is 5.32 Å². The third kappa shape index (κ3) is 4.37. The molecule has 18 heavy (non-hydrogen) atoms. The maximum atomic E-state index is 13.3. The highest BCUT2D eigenvalue weighted by Crippen LogP contribution is 2.12. The molecule has 1 aromatic carbocycles. The predicted molar refractivity (Wildman–Crippen MR) is 70.9 cm³/mol. The Bertz CT molecular complexity index is 392. The van der Waals surface area contributed by atoms with Crippen molar-refractivity contribution in [2.75, 3.05) is 11.9 Å². The van der Waals surface area contributed by atoms with Crippen molar-refractivity contribution < 1.29 is 13.6 Å². The van der Waals surface area contributed by atoms with Crippen LogP contribution in [0.3, 0.4) is 0 Å². The van der Waals surface area contributed by atoms with E-state index in [-0.39, 0.29) is 0 Å². The minimum absolute atomic E-state index is 0.421. The zero-order valence-electron chi connectivity index (χ0n) is 10.2. The van der Waals surface area contributed by atoms with Gasteiger partial charge in [0.15, 0.2) is 0 Å². The number of hydrogen-bond acceptors (Lipinski definition) is 1. The number of hydrogen-bond donors (Lipinski definition) is 1. The van der Waals surface area contributed by atoms with Gasteiger partial charge >= 0.3 is 0 Å². The van der Waals surface area contributed by atoms with Crippen molar-refractivity contribution in [2.24, 2.45) is 5.92 Å². The van der Waals surface area contributed by atoms with Crippen LogP contribution in [0.4, 0.5) is 8.78 Å². The van der Waals surface area contributed by atoms with Crippen LogP contribution in [-0.2, 0) is 0 Å². The molecule has 0 aliphatic rings. The van der Waals surface area contributed by atoms with Gasteiger partial charge in [0, 0.05) is 11.9 Å². The summed E-state index contributed by atoms with van der Waals surface area (Å²) in [6.45, 7) is 2.51. The Hall–Kier alpha value is -0.970. The van der Waals surface area contributed by atoms with E-state index in [1.54, 1.807) is 0 Å². The first-order valence-electron chi connectivity index (χ1n) is 5.84. The van der Waals surface area contributed by atoms with Crippen LogP contribution in [0.2, 0.25) is 0 Å². The van der Waals surface area contributed by atoms with E-state index in [4.69, 9.17) is 0 Å². The number of halogens is 3. The van der Waals surface area contributed by atoms with E-state index in [1.807, 2.05) is 0 Å². The van der Waals surface area contributed by atoms with E-state index in [0.717, 1.165) is 30.3 Å². The molecule has 0 heterocycles. The lowest BCUT2D eigenvalue weighted by atomic mass is 10.1. The second kappa shape index (κ2) is 7.46. The predicted octanol–water partition coefficient (Wildman–Crippen LogP) is 3.51. The highest BCUT2D eigenvalue weighted by atomic mass is 79.9. The summed E-state index contributed by atoms with van der Waals surface area (Å²) in [5.74, 6) is -1.84. The molecule has 1 atom stereocenters. The number of nitrogens with one attached hydrogen (secondary N) is 1. The van der Waals surface area contributed by atoms with Crippen molar-refractivity contribution in [3.05, 3.63) is 35.4 Å². The molecule has 0 saturated carbocycles. The fraction of sp³-hybridized carbons (Fsp3) is 0.462. The Morgan fingerprint density at radius 3 is 2.56 bits per heavy atom. The Morgan fingerprint density at radius 2 is 2.00 bits per heavy atom. The minimum Gasteiger partial charge on any atom is -0.352 e. The van der Waals surface area contributed by atoms with E-state index in [2.05, 4.69) is 28.2 Å². The number of benzene rings is 1. The fourth-order valence-corrected chi connectivity index (χ4v) is 1.86. The second-order valence-corrected chi connectivity index (χ2v) is 4.90. The van der Waals surface area contributed by atoms with Crippen LogP contribution in [-0.4, -0.2) is 17.8 Å². The van der Waals surface area contributed by atoms with Gasteiger partial charge in [-0.3, -0.25) is 4.79 Å². The van der Waals surface area contributed by atoms with Crippen molar-refractivity contribution >= 4 is 21.8 Å². The van der Waals surface area contributed by atoms with Gasteiger partial charge in [-0.25, -0.2) is 8.78 Å². The monoisotopic (exact) mass is 319 g/mol. The second-order valence-electron chi connectivity index (χ2n) is 4.25. The Morgan fingerprint density at radius 1 is 1.39 bits per heavy atom. The third-order valence-electron chi connectivity index (χ3n) is 2.61. The van der Waals surface area contributed by atoms with E-state index in [0.29, 0.717) is 12.5 Å². The molecule has 1 rings (SSSR count). The van der Waals surface area contributed by atoms with Crippen molar-refractivity contribution in [2.45, 2.75) is 19.8 Å². The zero-order valence-corrected chi connectivity index (χ0v) is 11.8. The normalized spacial score (nSPS) is 12.2. The molecule has 100 valence electrons. The highest BCUT2D eigenvalue weighted by molar-refractivity contribution is 9.09. The van der Waals surface area contributed by atoms with Gasteiger partial charge in [-0.2, -0.15) is 0 Å². The lowest BCUT2D eigenvalue weighted by molar-refractivity contribution is 0.0944. The van der Waals surface area contributed by atoms with Crippen LogP contribution in [0.1, 0.15) is 30.1 Å². The third-order valence-corrected chi connectivity index (χ3v) is 3.72. The fourth-order valence-electron chi connectivity index (χ4n) is 1.53. The molecule has 0 radical (unpaired) electrons. The molecule has 2 nitrogen and oxygen atoms in total. The zero-order chi connectivity index (χ0) is 13.5. The molecule has 0 saturated heterocycles. The first kappa shape index (κ1) is 15.1. The molecule has 0 aromatic heterocycles. The van der Waals surface area contributed by atoms with Crippen molar-refractivity contribution in [3.8, 4) is 0 Å². The Balaban J connectivity index is 2.46. The molecule has 0 fully saturated rings. The summed E-state index contributed by atoms with van der Waals surface area (Å²) in [7, 11) is 0. The van der Waals surface area contributed by atoms with Crippen LogP contribution in [0, 0.1) is 17.6 Å². The van der Waals surface area contributed by atoms with Crippen molar-refractivity contribution in [1.29, 1.82) is 0 Å². The lowest BCUT2D eigenvalue weighted by Crippen LogP contribution is -2.26. The molecular weight excluding hydrogens is 304 g/mol. The van der Waals surface area contributed by atoms with E-state index in [9.17, 15) is 13.6 Å². The molecule has 0 spiro atoms. The average molecular weight is 320 g/mol. The summed E-state index contributed by atoms with van der Waals surface area (Å²) in [6.07, 6.45) is 1.74. The summed E-state index contributed by atoms with van der Waals surface area (Å²) in [4.78, 5) is 11.6. The van der Waals surface area contributed by atoms with Gasteiger partial charge in [0.1, 0.15) is 17.2 Å². The molecule has 1 aromatic rings. The molecule has 1 N–H and O–H groups in total. The summed E-state index contributed by atoms with van der Waals surface area (Å²) in [5, 5.41) is 3.43. The summed E-state index contributed by atoms with van der Waals surface area (Å²) < 4.78 is 26.6. The minimum atomic E-state index is -0.832. The number of amides is 1. The van der Waals surface area contributed by atoms with E-state index >= 15 is 0 Å². The Kier molecular flexibility index (Phi) is 6.25. The standard InChI is InChI=1S/C13H16BrF2NO/c1-9(8-14)4-3-7-17-13(18)12-10(15)5-2-6-11(12)16/h2,5-6,9H,3-4,7-8H2,1H3,(H,17,18). The smallest absolute Gasteiger partial charge is 0.257 e. The summed E-state index contributed by atoms with van der Waals surface area (Å²) in [6, 6.07) is 3.38. The molecular formula is C13H16BrF2NO. The molecule has 5 heteroatoms.